The van der Waals surface area contributed by atoms with E-state index in [-0.39, 0.29) is 10.8 Å². The molecule has 0 unspecified atom stereocenters. The summed E-state index contributed by atoms with van der Waals surface area (Å²) in [6, 6.07) is 6.24. The molecule has 2 aliphatic rings. The third kappa shape index (κ3) is 4.76. The fourth-order valence-corrected chi connectivity index (χ4v) is 5.04. The summed E-state index contributed by atoms with van der Waals surface area (Å²) in [5.74, 6) is 0.168. The second kappa shape index (κ2) is 8.69. The van der Waals surface area contributed by atoms with E-state index in [0.717, 1.165) is 25.9 Å². The van der Waals surface area contributed by atoms with Crippen LogP contribution in [0.5, 0.6) is 0 Å². The molecule has 0 N–H and O–H groups in total. The molecule has 1 aromatic carbocycles. The number of carbonyl (C=O) groups excluding carboxylic acids is 1. The van der Waals surface area contributed by atoms with Gasteiger partial charge in [0.25, 0.3) is 0 Å². The minimum absolute atomic E-state index is 0.168. The molecular weight excluding hydrogens is 374 g/mol. The zero-order valence-electron chi connectivity index (χ0n) is 14.9. The predicted molar refractivity (Wildman–Crippen MR) is 102 cm³/mol. The van der Waals surface area contributed by atoms with E-state index in [0.29, 0.717) is 37.7 Å². The Hall–Kier alpha value is -1.15. The summed E-state index contributed by atoms with van der Waals surface area (Å²) in [7, 11) is -3.50. The smallest absolute Gasteiger partial charge is 0.243 e. The number of rotatable bonds is 4. The van der Waals surface area contributed by atoms with Crippen molar-refractivity contribution in [1.29, 1.82) is 0 Å². The Labute approximate surface area is 160 Å². The largest absolute Gasteiger partial charge is 0.342 e. The van der Waals surface area contributed by atoms with Gasteiger partial charge in [-0.05, 0) is 37.1 Å². The number of halogens is 1. The van der Waals surface area contributed by atoms with Crippen LogP contribution >= 0.6 is 11.6 Å². The van der Waals surface area contributed by atoms with Crippen molar-refractivity contribution in [3.8, 4) is 0 Å². The van der Waals surface area contributed by atoms with Gasteiger partial charge < -0.3 is 4.90 Å². The molecule has 1 amide bonds. The van der Waals surface area contributed by atoms with E-state index in [4.69, 9.17) is 11.6 Å². The van der Waals surface area contributed by atoms with Crippen LogP contribution in [-0.4, -0.2) is 74.2 Å². The van der Waals surface area contributed by atoms with Crippen molar-refractivity contribution in [2.24, 2.45) is 0 Å². The summed E-state index contributed by atoms with van der Waals surface area (Å²) in [4.78, 5) is 16.8. The van der Waals surface area contributed by atoms with E-state index in [9.17, 15) is 13.2 Å². The summed E-state index contributed by atoms with van der Waals surface area (Å²) in [5, 5.41) is 0.515. The van der Waals surface area contributed by atoms with Crippen molar-refractivity contribution < 1.29 is 13.2 Å². The average molecular weight is 400 g/mol. The number of benzene rings is 1. The lowest BCUT2D eigenvalue weighted by atomic mass is 10.2. The average Bonchev–Trinajstić information content (AvgIpc) is 2.92. The molecular formula is C18H26ClN3O3S. The van der Waals surface area contributed by atoms with E-state index >= 15 is 0 Å². The van der Waals surface area contributed by atoms with Crippen molar-refractivity contribution in [2.75, 3.05) is 45.8 Å². The molecule has 6 nitrogen and oxygen atoms in total. The highest BCUT2D eigenvalue weighted by atomic mass is 35.5. The van der Waals surface area contributed by atoms with Crippen LogP contribution in [0.4, 0.5) is 0 Å². The Balaban J connectivity index is 1.53. The maximum atomic E-state index is 12.7. The van der Waals surface area contributed by atoms with E-state index in [1.165, 1.54) is 29.3 Å². The molecule has 0 atom stereocenters. The molecule has 0 bridgehead atoms. The Bertz CT molecular complexity index is 708. The van der Waals surface area contributed by atoms with E-state index in [1.807, 2.05) is 4.90 Å². The first-order chi connectivity index (χ1) is 12.5. The van der Waals surface area contributed by atoms with Crippen LogP contribution in [0.15, 0.2) is 29.2 Å². The van der Waals surface area contributed by atoms with Gasteiger partial charge in [-0.2, -0.15) is 4.31 Å². The number of likely N-dealkylation sites (tertiary alicyclic amines) is 1. The Morgan fingerprint density at radius 1 is 0.885 bits per heavy atom. The quantitative estimate of drug-likeness (QED) is 0.777. The van der Waals surface area contributed by atoms with Crippen molar-refractivity contribution in [3.63, 3.8) is 0 Å². The van der Waals surface area contributed by atoms with Crippen LogP contribution in [-0.2, 0) is 14.8 Å². The molecule has 1 aromatic rings. The lowest BCUT2D eigenvalue weighted by Gasteiger charge is -2.34. The van der Waals surface area contributed by atoms with Gasteiger partial charge in [0.15, 0.2) is 0 Å². The number of piperazine rings is 1. The van der Waals surface area contributed by atoms with Crippen LogP contribution in [0.25, 0.3) is 0 Å². The first-order valence-corrected chi connectivity index (χ1v) is 11.0. The first kappa shape index (κ1) is 19.6. The van der Waals surface area contributed by atoms with Gasteiger partial charge in [0.1, 0.15) is 0 Å². The summed E-state index contributed by atoms with van der Waals surface area (Å²) in [6.45, 7) is 4.04. The minimum Gasteiger partial charge on any atom is -0.342 e. The summed E-state index contributed by atoms with van der Waals surface area (Å²) >= 11 is 5.84. The fraction of sp³-hybridized carbons (Fsp3) is 0.611. The monoisotopic (exact) mass is 399 g/mol. The number of nitrogens with zero attached hydrogens (tertiary/aromatic N) is 3. The van der Waals surface area contributed by atoms with Gasteiger partial charge in [-0.15, -0.1) is 0 Å². The maximum absolute atomic E-state index is 12.7. The zero-order valence-corrected chi connectivity index (χ0v) is 16.5. The van der Waals surface area contributed by atoms with Gasteiger partial charge >= 0.3 is 0 Å². The number of amides is 1. The second-order valence-corrected chi connectivity index (χ2v) is 9.30. The van der Waals surface area contributed by atoms with Crippen LogP contribution in [0.2, 0.25) is 5.02 Å². The molecule has 2 aliphatic heterocycles. The molecule has 0 aromatic heterocycles. The molecule has 8 heteroatoms. The lowest BCUT2D eigenvalue weighted by Crippen LogP contribution is -2.51. The summed E-state index contributed by atoms with van der Waals surface area (Å²) in [5.41, 5.74) is 0. The summed E-state index contributed by atoms with van der Waals surface area (Å²) in [6.07, 6.45) is 4.56. The number of hydrogen-bond donors (Lipinski definition) is 0. The Morgan fingerprint density at radius 3 is 2.04 bits per heavy atom. The van der Waals surface area contributed by atoms with Crippen molar-refractivity contribution in [2.45, 2.75) is 30.6 Å². The van der Waals surface area contributed by atoms with E-state index in [1.54, 1.807) is 12.1 Å². The maximum Gasteiger partial charge on any atom is 0.243 e. The Morgan fingerprint density at radius 2 is 1.46 bits per heavy atom. The molecule has 26 heavy (non-hydrogen) atoms. The van der Waals surface area contributed by atoms with Crippen LogP contribution < -0.4 is 0 Å². The van der Waals surface area contributed by atoms with Gasteiger partial charge in [0, 0.05) is 44.3 Å². The third-order valence-electron chi connectivity index (χ3n) is 5.10. The highest BCUT2D eigenvalue weighted by Gasteiger charge is 2.29. The van der Waals surface area contributed by atoms with Crippen molar-refractivity contribution in [1.82, 2.24) is 14.1 Å². The molecule has 3 rings (SSSR count). The molecule has 2 fully saturated rings. The highest BCUT2D eigenvalue weighted by molar-refractivity contribution is 7.89. The van der Waals surface area contributed by atoms with Crippen LogP contribution in [0.3, 0.4) is 0 Å². The Kier molecular flexibility index (Phi) is 6.55. The number of carbonyl (C=O) groups is 1. The van der Waals surface area contributed by atoms with Gasteiger partial charge in [-0.3, -0.25) is 9.69 Å². The standard InChI is InChI=1S/C18H26ClN3O3S/c19-16-5-7-17(8-6-16)26(24,25)22-13-11-20(12-14-22)15-18(23)21-9-3-1-2-4-10-21/h5-8H,1-4,9-15H2. The van der Waals surface area contributed by atoms with E-state index < -0.39 is 10.0 Å². The normalized spacial score (nSPS) is 20.7. The molecule has 0 saturated carbocycles. The van der Waals surface area contributed by atoms with Gasteiger partial charge in [-0.25, -0.2) is 8.42 Å². The van der Waals surface area contributed by atoms with E-state index in [2.05, 4.69) is 4.90 Å². The SMILES string of the molecule is O=C(CN1CCN(S(=O)(=O)c2ccc(Cl)cc2)CC1)N1CCCCCC1. The third-order valence-corrected chi connectivity index (χ3v) is 7.27. The molecule has 2 saturated heterocycles. The molecule has 0 aliphatic carbocycles. The van der Waals surface area contributed by atoms with Crippen LogP contribution in [0, 0.1) is 0 Å². The lowest BCUT2D eigenvalue weighted by molar-refractivity contribution is -0.132. The molecule has 0 radical (unpaired) electrons. The number of hydrogen-bond acceptors (Lipinski definition) is 4. The molecule has 0 spiro atoms. The molecule has 144 valence electrons. The first-order valence-electron chi connectivity index (χ1n) is 9.23. The molecule has 2 heterocycles. The van der Waals surface area contributed by atoms with Crippen molar-refractivity contribution in [3.05, 3.63) is 29.3 Å². The minimum atomic E-state index is -3.50. The topological polar surface area (TPSA) is 60.9 Å². The van der Waals surface area contributed by atoms with Gasteiger partial charge in [0.2, 0.25) is 15.9 Å². The van der Waals surface area contributed by atoms with Gasteiger partial charge in [-0.1, -0.05) is 24.4 Å². The fourth-order valence-electron chi connectivity index (χ4n) is 3.50. The van der Waals surface area contributed by atoms with Crippen LogP contribution in [0.1, 0.15) is 25.7 Å². The highest BCUT2D eigenvalue weighted by Crippen LogP contribution is 2.20. The van der Waals surface area contributed by atoms with Gasteiger partial charge in [0.05, 0.1) is 11.4 Å². The number of sulfonamides is 1. The zero-order chi connectivity index (χ0) is 18.6. The predicted octanol–water partition coefficient (Wildman–Crippen LogP) is 2.05. The second-order valence-electron chi connectivity index (χ2n) is 6.93. The van der Waals surface area contributed by atoms with Crippen molar-refractivity contribution >= 4 is 27.5 Å². The summed E-state index contributed by atoms with van der Waals surface area (Å²) < 4.78 is 26.9.